The lowest BCUT2D eigenvalue weighted by atomic mass is 10.1. The summed E-state index contributed by atoms with van der Waals surface area (Å²) in [4.78, 5) is 5.79. The third-order valence-corrected chi connectivity index (χ3v) is 3.06. The summed E-state index contributed by atoms with van der Waals surface area (Å²) in [6, 6.07) is 0. The van der Waals surface area contributed by atoms with Gasteiger partial charge in [-0.05, 0) is 18.9 Å². The standard InChI is InChI=1S/C11H20N2S/c1-4-5-6-12-7-10-11(9(2)3)13-8-14-10/h8-9,12H,4-7H2,1-3H3. The predicted octanol–water partition coefficient (Wildman–Crippen LogP) is 3.16. The third-order valence-electron chi connectivity index (χ3n) is 2.21. The quantitative estimate of drug-likeness (QED) is 0.733. The first-order valence-corrected chi connectivity index (χ1v) is 6.26. The van der Waals surface area contributed by atoms with E-state index in [2.05, 4.69) is 31.1 Å². The van der Waals surface area contributed by atoms with Crippen molar-refractivity contribution in [3.63, 3.8) is 0 Å². The molecule has 0 atom stereocenters. The predicted molar refractivity (Wildman–Crippen MR) is 62.8 cm³/mol. The summed E-state index contributed by atoms with van der Waals surface area (Å²) in [5.41, 5.74) is 3.21. The largest absolute Gasteiger partial charge is 0.312 e. The molecule has 0 saturated heterocycles. The maximum absolute atomic E-state index is 4.39. The molecular weight excluding hydrogens is 192 g/mol. The topological polar surface area (TPSA) is 24.9 Å². The summed E-state index contributed by atoms with van der Waals surface area (Å²) in [5.74, 6) is 0.546. The number of aromatic nitrogens is 1. The second kappa shape index (κ2) is 6.14. The number of unbranched alkanes of at least 4 members (excludes halogenated alkanes) is 1. The van der Waals surface area contributed by atoms with E-state index in [0.717, 1.165) is 13.1 Å². The highest BCUT2D eigenvalue weighted by Gasteiger charge is 2.08. The first-order valence-electron chi connectivity index (χ1n) is 5.38. The number of thiazole rings is 1. The number of rotatable bonds is 6. The van der Waals surface area contributed by atoms with Crippen LogP contribution in [0.25, 0.3) is 0 Å². The molecule has 0 spiro atoms. The molecule has 1 rings (SSSR count). The van der Waals surface area contributed by atoms with E-state index in [9.17, 15) is 0 Å². The first kappa shape index (κ1) is 11.7. The van der Waals surface area contributed by atoms with E-state index < -0.39 is 0 Å². The zero-order valence-electron chi connectivity index (χ0n) is 9.34. The molecule has 0 aliphatic rings. The van der Waals surface area contributed by atoms with Gasteiger partial charge < -0.3 is 5.32 Å². The van der Waals surface area contributed by atoms with Gasteiger partial charge in [-0.2, -0.15) is 0 Å². The van der Waals surface area contributed by atoms with Gasteiger partial charge in [0.25, 0.3) is 0 Å². The van der Waals surface area contributed by atoms with Crippen molar-refractivity contribution in [2.75, 3.05) is 6.54 Å². The molecule has 0 fully saturated rings. The minimum atomic E-state index is 0.546. The molecular formula is C11H20N2S. The van der Waals surface area contributed by atoms with E-state index in [-0.39, 0.29) is 0 Å². The lowest BCUT2D eigenvalue weighted by molar-refractivity contribution is 0.639. The molecule has 1 N–H and O–H groups in total. The summed E-state index contributed by atoms with van der Waals surface area (Å²) >= 11 is 1.76. The van der Waals surface area contributed by atoms with Crippen molar-refractivity contribution in [2.24, 2.45) is 0 Å². The van der Waals surface area contributed by atoms with Crippen molar-refractivity contribution in [3.8, 4) is 0 Å². The Bertz CT molecular complexity index is 256. The molecule has 0 radical (unpaired) electrons. The molecule has 0 aromatic carbocycles. The van der Waals surface area contributed by atoms with Crippen molar-refractivity contribution in [1.82, 2.24) is 10.3 Å². The molecule has 0 amide bonds. The van der Waals surface area contributed by atoms with Crippen molar-refractivity contribution in [2.45, 2.75) is 46.1 Å². The first-order chi connectivity index (χ1) is 6.75. The van der Waals surface area contributed by atoms with Crippen molar-refractivity contribution in [1.29, 1.82) is 0 Å². The molecule has 80 valence electrons. The van der Waals surface area contributed by atoms with Gasteiger partial charge in [0.1, 0.15) is 0 Å². The van der Waals surface area contributed by atoms with Crippen LogP contribution in [-0.4, -0.2) is 11.5 Å². The zero-order valence-corrected chi connectivity index (χ0v) is 10.2. The summed E-state index contributed by atoms with van der Waals surface area (Å²) in [6.07, 6.45) is 2.52. The molecule has 0 aliphatic carbocycles. The fourth-order valence-corrected chi connectivity index (χ4v) is 2.27. The van der Waals surface area contributed by atoms with E-state index in [1.807, 2.05) is 5.51 Å². The van der Waals surface area contributed by atoms with Gasteiger partial charge in [-0.1, -0.05) is 27.2 Å². The van der Waals surface area contributed by atoms with Crippen LogP contribution < -0.4 is 5.32 Å². The van der Waals surface area contributed by atoms with E-state index in [1.54, 1.807) is 11.3 Å². The van der Waals surface area contributed by atoms with Gasteiger partial charge in [-0.15, -0.1) is 11.3 Å². The van der Waals surface area contributed by atoms with Crippen molar-refractivity contribution >= 4 is 11.3 Å². The number of nitrogens with one attached hydrogen (secondary N) is 1. The van der Waals surface area contributed by atoms with E-state index >= 15 is 0 Å². The Morgan fingerprint density at radius 1 is 1.50 bits per heavy atom. The molecule has 0 unspecified atom stereocenters. The van der Waals surface area contributed by atoms with E-state index in [0.29, 0.717) is 5.92 Å². The van der Waals surface area contributed by atoms with Gasteiger partial charge in [0.15, 0.2) is 0 Å². The monoisotopic (exact) mass is 212 g/mol. The molecule has 0 aliphatic heterocycles. The van der Waals surface area contributed by atoms with Gasteiger partial charge in [0.2, 0.25) is 0 Å². The minimum absolute atomic E-state index is 0.546. The molecule has 1 heterocycles. The summed E-state index contributed by atoms with van der Waals surface area (Å²) < 4.78 is 0. The molecule has 3 heteroatoms. The Kier molecular flexibility index (Phi) is 5.12. The zero-order chi connectivity index (χ0) is 10.4. The maximum Gasteiger partial charge on any atom is 0.0798 e. The minimum Gasteiger partial charge on any atom is -0.312 e. The highest BCUT2D eigenvalue weighted by atomic mass is 32.1. The summed E-state index contributed by atoms with van der Waals surface area (Å²) in [7, 11) is 0. The fraction of sp³-hybridized carbons (Fsp3) is 0.727. The Morgan fingerprint density at radius 3 is 2.93 bits per heavy atom. The van der Waals surface area contributed by atoms with Crippen LogP contribution in [0.3, 0.4) is 0 Å². The van der Waals surface area contributed by atoms with Gasteiger partial charge in [-0.3, -0.25) is 0 Å². The van der Waals surface area contributed by atoms with Gasteiger partial charge in [0, 0.05) is 11.4 Å². The Balaban J connectivity index is 2.38. The average molecular weight is 212 g/mol. The Morgan fingerprint density at radius 2 is 2.29 bits per heavy atom. The Hall–Kier alpha value is -0.410. The van der Waals surface area contributed by atoms with Crippen LogP contribution in [0.2, 0.25) is 0 Å². The van der Waals surface area contributed by atoms with Crippen LogP contribution in [0, 0.1) is 0 Å². The van der Waals surface area contributed by atoms with Gasteiger partial charge in [0.05, 0.1) is 11.2 Å². The lowest BCUT2D eigenvalue weighted by Gasteiger charge is -2.06. The van der Waals surface area contributed by atoms with E-state index in [1.165, 1.54) is 23.4 Å². The molecule has 0 saturated carbocycles. The molecule has 14 heavy (non-hydrogen) atoms. The average Bonchev–Trinajstić information content (AvgIpc) is 2.60. The number of hydrogen-bond donors (Lipinski definition) is 1. The molecule has 0 bridgehead atoms. The highest BCUT2D eigenvalue weighted by Crippen LogP contribution is 2.21. The fourth-order valence-electron chi connectivity index (χ4n) is 1.39. The van der Waals surface area contributed by atoms with Crippen LogP contribution in [0.1, 0.15) is 50.1 Å². The van der Waals surface area contributed by atoms with Crippen LogP contribution in [0.4, 0.5) is 0 Å². The van der Waals surface area contributed by atoms with Crippen molar-refractivity contribution in [3.05, 3.63) is 16.1 Å². The second-order valence-corrected chi connectivity index (χ2v) is 4.79. The molecule has 1 aromatic rings. The number of nitrogens with zero attached hydrogens (tertiary/aromatic N) is 1. The maximum atomic E-state index is 4.39. The third kappa shape index (κ3) is 3.39. The van der Waals surface area contributed by atoms with Gasteiger partial charge in [-0.25, -0.2) is 4.98 Å². The highest BCUT2D eigenvalue weighted by molar-refractivity contribution is 7.09. The molecule has 2 nitrogen and oxygen atoms in total. The van der Waals surface area contributed by atoms with Gasteiger partial charge >= 0.3 is 0 Å². The lowest BCUT2D eigenvalue weighted by Crippen LogP contribution is -2.14. The number of hydrogen-bond acceptors (Lipinski definition) is 3. The van der Waals surface area contributed by atoms with Crippen LogP contribution in [-0.2, 0) is 6.54 Å². The SMILES string of the molecule is CCCCNCc1scnc1C(C)C. The van der Waals surface area contributed by atoms with Crippen LogP contribution >= 0.6 is 11.3 Å². The Labute approximate surface area is 90.8 Å². The summed E-state index contributed by atoms with van der Waals surface area (Å²) in [5, 5.41) is 3.45. The van der Waals surface area contributed by atoms with Crippen LogP contribution in [0.15, 0.2) is 5.51 Å². The van der Waals surface area contributed by atoms with Crippen LogP contribution in [0.5, 0.6) is 0 Å². The van der Waals surface area contributed by atoms with E-state index in [4.69, 9.17) is 0 Å². The smallest absolute Gasteiger partial charge is 0.0798 e. The normalized spacial score (nSPS) is 11.1. The van der Waals surface area contributed by atoms with Crippen molar-refractivity contribution < 1.29 is 0 Å². The molecule has 1 aromatic heterocycles. The second-order valence-electron chi connectivity index (χ2n) is 3.85. The summed E-state index contributed by atoms with van der Waals surface area (Å²) in [6.45, 7) is 8.72.